The number of amidine groups is 1. The van der Waals surface area contributed by atoms with Crippen LogP contribution in [0.15, 0.2) is 5.10 Å². The molecule has 0 aliphatic heterocycles. The molecule has 10 heavy (non-hydrogen) atoms. The number of rotatable bonds is 2. The Morgan fingerprint density at radius 3 is 2.70 bits per heavy atom. The third-order valence-corrected chi connectivity index (χ3v) is 0.966. The number of nitrogens with zero attached hydrogens (tertiary/aromatic N) is 2. The summed E-state index contributed by atoms with van der Waals surface area (Å²) >= 11 is 5.23. The maximum atomic E-state index is 10.1. The molecule has 0 rings (SSSR count). The van der Waals surface area contributed by atoms with Gasteiger partial charge >= 0.3 is 6.09 Å². The van der Waals surface area contributed by atoms with Gasteiger partial charge in [-0.15, -0.1) is 11.6 Å². The molecule has 0 radical (unpaired) electrons. The third-order valence-electron chi connectivity index (χ3n) is 0.692. The predicted molar refractivity (Wildman–Crippen MR) is 38.1 cm³/mol. The van der Waals surface area contributed by atoms with Crippen LogP contribution in [0.5, 0.6) is 0 Å². The maximum absolute atomic E-state index is 10.1. The molecule has 0 heterocycles. The average Bonchev–Trinajstić information content (AvgIpc) is 1.87. The number of amides is 1. The van der Waals surface area contributed by atoms with Gasteiger partial charge in [-0.1, -0.05) is 0 Å². The Hall–Kier alpha value is -0.970. The van der Waals surface area contributed by atoms with Crippen molar-refractivity contribution < 1.29 is 9.90 Å². The standard InChI is InChI=1S/C4H8ClN3O2/c1-8(4(9)10)7-3(6)2-5/h2H2,1H3,(H2,6,7)(H,9,10). The van der Waals surface area contributed by atoms with Gasteiger partial charge in [-0.3, -0.25) is 0 Å². The lowest BCUT2D eigenvalue weighted by molar-refractivity contribution is 0.157. The van der Waals surface area contributed by atoms with Crippen LogP contribution in [0.2, 0.25) is 0 Å². The van der Waals surface area contributed by atoms with Crippen molar-refractivity contribution in [2.24, 2.45) is 10.8 Å². The first-order valence-corrected chi connectivity index (χ1v) is 2.97. The quantitative estimate of drug-likeness (QED) is 0.264. The van der Waals surface area contributed by atoms with Gasteiger partial charge in [0, 0.05) is 7.05 Å². The largest absolute Gasteiger partial charge is 0.464 e. The number of alkyl halides is 1. The monoisotopic (exact) mass is 165 g/mol. The zero-order valence-corrected chi connectivity index (χ0v) is 6.17. The van der Waals surface area contributed by atoms with Crippen LogP contribution < -0.4 is 5.73 Å². The molecule has 0 aromatic heterocycles. The molecule has 0 spiro atoms. The molecule has 0 saturated heterocycles. The third kappa shape index (κ3) is 3.13. The van der Waals surface area contributed by atoms with Crippen molar-refractivity contribution >= 4 is 23.5 Å². The summed E-state index contributed by atoms with van der Waals surface area (Å²) < 4.78 is 0. The van der Waals surface area contributed by atoms with E-state index in [4.69, 9.17) is 22.4 Å². The van der Waals surface area contributed by atoms with Gasteiger partial charge in [0.25, 0.3) is 0 Å². The molecule has 6 heteroatoms. The van der Waals surface area contributed by atoms with Crippen molar-refractivity contribution in [1.82, 2.24) is 5.01 Å². The van der Waals surface area contributed by atoms with Crippen LogP contribution in [0, 0.1) is 0 Å². The van der Waals surface area contributed by atoms with Crippen molar-refractivity contribution in [2.75, 3.05) is 12.9 Å². The number of carbonyl (C=O) groups is 1. The Balaban J connectivity index is 3.99. The van der Waals surface area contributed by atoms with Gasteiger partial charge in [-0.05, 0) is 0 Å². The summed E-state index contributed by atoms with van der Waals surface area (Å²) in [5.74, 6) is 0.101. The van der Waals surface area contributed by atoms with Gasteiger partial charge in [-0.25, -0.2) is 9.80 Å². The van der Waals surface area contributed by atoms with E-state index in [1.54, 1.807) is 0 Å². The highest BCUT2D eigenvalue weighted by Gasteiger charge is 2.02. The van der Waals surface area contributed by atoms with Gasteiger partial charge in [0.1, 0.15) is 5.84 Å². The minimum Gasteiger partial charge on any atom is -0.464 e. The van der Waals surface area contributed by atoms with Crippen LogP contribution in [-0.4, -0.2) is 35.0 Å². The van der Waals surface area contributed by atoms with Crippen molar-refractivity contribution in [3.63, 3.8) is 0 Å². The minimum atomic E-state index is -1.17. The summed E-state index contributed by atoms with van der Waals surface area (Å²) in [5, 5.41) is 12.3. The zero-order chi connectivity index (χ0) is 8.15. The van der Waals surface area contributed by atoms with E-state index < -0.39 is 6.09 Å². The molecule has 0 aliphatic rings. The van der Waals surface area contributed by atoms with E-state index in [1.807, 2.05) is 0 Å². The molecule has 0 unspecified atom stereocenters. The van der Waals surface area contributed by atoms with E-state index in [1.165, 1.54) is 7.05 Å². The molecule has 0 atom stereocenters. The van der Waals surface area contributed by atoms with E-state index in [0.29, 0.717) is 5.01 Å². The highest BCUT2D eigenvalue weighted by atomic mass is 35.5. The first kappa shape index (κ1) is 9.03. The van der Waals surface area contributed by atoms with Crippen LogP contribution in [0.3, 0.4) is 0 Å². The number of hydrogen-bond donors (Lipinski definition) is 2. The zero-order valence-electron chi connectivity index (χ0n) is 5.41. The fourth-order valence-corrected chi connectivity index (χ4v) is 0.316. The van der Waals surface area contributed by atoms with Crippen molar-refractivity contribution in [3.05, 3.63) is 0 Å². The molecule has 3 N–H and O–H groups in total. The maximum Gasteiger partial charge on any atom is 0.427 e. The van der Waals surface area contributed by atoms with Crippen LogP contribution in [0.25, 0.3) is 0 Å². The number of nitrogens with two attached hydrogens (primary N) is 1. The Morgan fingerprint density at radius 1 is 1.90 bits per heavy atom. The Bertz CT molecular complexity index is 159. The summed E-state index contributed by atoms with van der Waals surface area (Å²) in [4.78, 5) is 10.1. The second kappa shape index (κ2) is 3.94. The van der Waals surface area contributed by atoms with Gasteiger partial charge in [-0.2, -0.15) is 5.10 Å². The summed E-state index contributed by atoms with van der Waals surface area (Å²) in [5.41, 5.74) is 5.12. The molecule has 0 fully saturated rings. The van der Waals surface area contributed by atoms with Gasteiger partial charge < -0.3 is 10.8 Å². The average molecular weight is 166 g/mol. The number of hydrogen-bond acceptors (Lipinski definition) is 2. The molecule has 0 aliphatic carbocycles. The molecule has 0 aromatic carbocycles. The summed E-state index contributed by atoms with van der Waals surface area (Å²) in [6.45, 7) is 0. The lowest BCUT2D eigenvalue weighted by Crippen LogP contribution is -2.24. The Kier molecular flexibility index (Phi) is 3.56. The lowest BCUT2D eigenvalue weighted by Gasteiger charge is -2.05. The van der Waals surface area contributed by atoms with Crippen LogP contribution in [0.1, 0.15) is 0 Å². The molecule has 0 bridgehead atoms. The second-order valence-corrected chi connectivity index (χ2v) is 1.80. The van der Waals surface area contributed by atoms with Crippen LogP contribution >= 0.6 is 11.6 Å². The molecule has 5 nitrogen and oxygen atoms in total. The second-order valence-electron chi connectivity index (χ2n) is 1.53. The van der Waals surface area contributed by atoms with Gasteiger partial charge in [0.15, 0.2) is 0 Å². The SMILES string of the molecule is CN(N=C(N)CCl)C(=O)O. The first-order chi connectivity index (χ1) is 4.57. The van der Waals surface area contributed by atoms with E-state index in [-0.39, 0.29) is 11.7 Å². The molecule has 58 valence electrons. The lowest BCUT2D eigenvalue weighted by atomic mass is 10.7. The molecule has 0 aromatic rings. The number of carboxylic acid groups (broad SMARTS) is 1. The predicted octanol–water partition coefficient (Wildman–Crippen LogP) is 0.107. The molecule has 1 amide bonds. The summed E-state index contributed by atoms with van der Waals surface area (Å²) in [7, 11) is 1.27. The van der Waals surface area contributed by atoms with E-state index >= 15 is 0 Å². The number of halogens is 1. The highest BCUT2D eigenvalue weighted by molar-refractivity contribution is 6.27. The molecule has 0 saturated carbocycles. The molecular weight excluding hydrogens is 158 g/mol. The molecular formula is C4H8ClN3O2. The van der Waals surface area contributed by atoms with Crippen molar-refractivity contribution in [3.8, 4) is 0 Å². The van der Waals surface area contributed by atoms with E-state index in [2.05, 4.69) is 5.10 Å². The van der Waals surface area contributed by atoms with Crippen LogP contribution in [-0.2, 0) is 0 Å². The smallest absolute Gasteiger partial charge is 0.427 e. The van der Waals surface area contributed by atoms with Crippen molar-refractivity contribution in [1.29, 1.82) is 0 Å². The topological polar surface area (TPSA) is 78.9 Å². The minimum absolute atomic E-state index is 0.0254. The Labute approximate surface area is 63.1 Å². The van der Waals surface area contributed by atoms with E-state index in [0.717, 1.165) is 0 Å². The van der Waals surface area contributed by atoms with Crippen LogP contribution in [0.4, 0.5) is 4.79 Å². The fourth-order valence-electron chi connectivity index (χ4n) is 0.262. The fraction of sp³-hybridized carbons (Fsp3) is 0.500. The van der Waals surface area contributed by atoms with Gasteiger partial charge in [0.05, 0.1) is 5.88 Å². The normalized spacial score (nSPS) is 11.2. The summed E-state index contributed by atoms with van der Waals surface area (Å²) in [6, 6.07) is 0. The first-order valence-electron chi connectivity index (χ1n) is 2.43. The van der Waals surface area contributed by atoms with E-state index in [9.17, 15) is 4.79 Å². The van der Waals surface area contributed by atoms with Crippen molar-refractivity contribution in [2.45, 2.75) is 0 Å². The number of hydrazone groups is 1. The summed E-state index contributed by atoms with van der Waals surface area (Å²) in [6.07, 6.45) is -1.17. The van der Waals surface area contributed by atoms with Gasteiger partial charge in [0.2, 0.25) is 0 Å². The highest BCUT2D eigenvalue weighted by Crippen LogP contribution is 1.85. The Morgan fingerprint density at radius 2 is 2.40 bits per heavy atom.